The molecule has 1 aliphatic heterocycles. The van der Waals surface area contributed by atoms with Gasteiger partial charge in [0.2, 0.25) is 0 Å². The number of hydrogen-bond donors (Lipinski definition) is 3. The molecule has 2 atom stereocenters. The molecule has 2 aromatic rings. The minimum Gasteiger partial charge on any atom is -0.508 e. The van der Waals surface area contributed by atoms with E-state index in [-0.39, 0.29) is 6.04 Å². The maximum atomic E-state index is 9.63. The van der Waals surface area contributed by atoms with Gasteiger partial charge in [0.15, 0.2) is 0 Å². The molecular weight excluding hydrogens is 302 g/mol. The number of nitrogens with zero attached hydrogens (tertiary/aromatic N) is 3. The number of phenols is 1. The Balaban J connectivity index is 1.63. The second kappa shape index (κ2) is 7.49. The molecule has 24 heavy (non-hydrogen) atoms. The van der Waals surface area contributed by atoms with Gasteiger partial charge in [0.05, 0.1) is 0 Å². The van der Waals surface area contributed by atoms with Crippen molar-refractivity contribution in [3.63, 3.8) is 0 Å². The number of nitrogens with one attached hydrogen (secondary N) is 2. The number of benzene rings is 1. The third-order valence-corrected chi connectivity index (χ3v) is 4.61. The van der Waals surface area contributed by atoms with E-state index in [0.29, 0.717) is 11.8 Å². The average Bonchev–Trinajstić information content (AvgIpc) is 3.08. The molecule has 0 radical (unpaired) electrons. The molecule has 6 nitrogen and oxygen atoms in total. The lowest BCUT2D eigenvalue weighted by molar-refractivity contribution is 0.470. The summed E-state index contributed by atoms with van der Waals surface area (Å²) in [4.78, 5) is 11.0. The highest BCUT2D eigenvalue weighted by molar-refractivity contribution is 5.49. The molecule has 0 spiro atoms. The maximum Gasteiger partial charge on any atom is 0.134 e. The zero-order valence-corrected chi connectivity index (χ0v) is 14.2. The molecular formula is C18H25N5O. The maximum absolute atomic E-state index is 9.63. The van der Waals surface area contributed by atoms with Crippen molar-refractivity contribution >= 4 is 11.6 Å². The standard InChI is InChI=1S/C18H25N5O/c1-13(14-5-3-7-16(24)9-14)20-11-15-6-4-8-23(15)18-10-17(19-2)21-12-22-18/h3,5,7,9-10,12-13,15,20,24H,4,6,8,11H2,1-2H3,(H,19,21,22)/t13-,15-/m0/s1. The largest absolute Gasteiger partial charge is 0.508 e. The predicted molar refractivity (Wildman–Crippen MR) is 96.5 cm³/mol. The summed E-state index contributed by atoms with van der Waals surface area (Å²) < 4.78 is 0. The monoisotopic (exact) mass is 327 g/mol. The highest BCUT2D eigenvalue weighted by Crippen LogP contribution is 2.25. The van der Waals surface area contributed by atoms with E-state index in [4.69, 9.17) is 0 Å². The van der Waals surface area contributed by atoms with Crippen molar-refractivity contribution in [2.75, 3.05) is 30.4 Å². The summed E-state index contributed by atoms with van der Waals surface area (Å²) in [5.74, 6) is 2.12. The molecule has 6 heteroatoms. The van der Waals surface area contributed by atoms with Gasteiger partial charge in [-0.15, -0.1) is 0 Å². The predicted octanol–water partition coefficient (Wildman–Crippen LogP) is 2.54. The fraction of sp³-hybridized carbons (Fsp3) is 0.444. The quantitative estimate of drug-likeness (QED) is 0.757. The Morgan fingerprint density at radius 2 is 2.21 bits per heavy atom. The summed E-state index contributed by atoms with van der Waals surface area (Å²) in [6.45, 7) is 4.03. The minimum atomic E-state index is 0.192. The van der Waals surface area contributed by atoms with Crippen LogP contribution in [0.1, 0.15) is 31.4 Å². The molecule has 0 saturated carbocycles. The van der Waals surface area contributed by atoms with Crippen LogP contribution in [0.25, 0.3) is 0 Å². The summed E-state index contributed by atoms with van der Waals surface area (Å²) in [5.41, 5.74) is 1.10. The van der Waals surface area contributed by atoms with Gasteiger partial charge in [0.1, 0.15) is 23.7 Å². The number of phenolic OH excluding ortho intramolecular Hbond substituents is 1. The molecule has 1 saturated heterocycles. The van der Waals surface area contributed by atoms with Gasteiger partial charge >= 0.3 is 0 Å². The topological polar surface area (TPSA) is 73.3 Å². The lowest BCUT2D eigenvalue weighted by atomic mass is 10.1. The summed E-state index contributed by atoms with van der Waals surface area (Å²) in [6, 6.07) is 10.0. The van der Waals surface area contributed by atoms with Crippen LogP contribution in [0.2, 0.25) is 0 Å². The molecule has 128 valence electrons. The number of anilines is 2. The molecule has 2 heterocycles. The first-order chi connectivity index (χ1) is 11.7. The Kier molecular flexibility index (Phi) is 5.15. The van der Waals surface area contributed by atoms with Gasteiger partial charge < -0.3 is 20.6 Å². The van der Waals surface area contributed by atoms with Gasteiger partial charge in [-0.05, 0) is 37.5 Å². The first-order valence-corrected chi connectivity index (χ1v) is 8.46. The molecule has 0 unspecified atom stereocenters. The van der Waals surface area contributed by atoms with Crippen LogP contribution in [0.5, 0.6) is 5.75 Å². The van der Waals surface area contributed by atoms with Crippen molar-refractivity contribution in [3.8, 4) is 5.75 Å². The molecule has 3 rings (SSSR count). The van der Waals surface area contributed by atoms with Gasteiger partial charge in [-0.2, -0.15) is 0 Å². The van der Waals surface area contributed by atoms with Crippen molar-refractivity contribution in [2.45, 2.75) is 31.8 Å². The normalized spacial score (nSPS) is 18.6. The molecule has 1 aromatic heterocycles. The second-order valence-electron chi connectivity index (χ2n) is 6.23. The Morgan fingerprint density at radius 3 is 3.00 bits per heavy atom. The number of hydrogen-bond acceptors (Lipinski definition) is 6. The third kappa shape index (κ3) is 3.76. The lowest BCUT2D eigenvalue weighted by Gasteiger charge is -2.27. The molecule has 1 fully saturated rings. The van der Waals surface area contributed by atoms with Crippen molar-refractivity contribution in [1.29, 1.82) is 0 Å². The van der Waals surface area contributed by atoms with Crippen LogP contribution in [-0.4, -0.2) is 41.3 Å². The van der Waals surface area contributed by atoms with E-state index in [9.17, 15) is 5.11 Å². The van der Waals surface area contributed by atoms with Gasteiger partial charge in [0, 0.05) is 38.3 Å². The van der Waals surface area contributed by atoms with E-state index in [1.807, 2.05) is 31.3 Å². The summed E-state index contributed by atoms with van der Waals surface area (Å²) in [7, 11) is 1.87. The van der Waals surface area contributed by atoms with Crippen molar-refractivity contribution in [2.24, 2.45) is 0 Å². The van der Waals surface area contributed by atoms with Gasteiger partial charge in [-0.25, -0.2) is 9.97 Å². The lowest BCUT2D eigenvalue weighted by Crippen LogP contribution is -2.39. The van der Waals surface area contributed by atoms with E-state index in [2.05, 4.69) is 32.4 Å². The van der Waals surface area contributed by atoms with E-state index in [1.54, 1.807) is 12.4 Å². The third-order valence-electron chi connectivity index (χ3n) is 4.61. The van der Waals surface area contributed by atoms with Gasteiger partial charge in [0.25, 0.3) is 0 Å². The van der Waals surface area contributed by atoms with E-state index < -0.39 is 0 Å². The highest BCUT2D eigenvalue weighted by Gasteiger charge is 2.26. The number of aromatic hydroxyl groups is 1. The first-order valence-electron chi connectivity index (χ1n) is 8.46. The summed E-state index contributed by atoms with van der Waals surface area (Å²) in [6.07, 6.45) is 3.93. The molecule has 3 N–H and O–H groups in total. The van der Waals surface area contributed by atoms with Crippen molar-refractivity contribution < 1.29 is 5.11 Å². The minimum absolute atomic E-state index is 0.192. The van der Waals surface area contributed by atoms with Crippen LogP contribution >= 0.6 is 0 Å². The average molecular weight is 327 g/mol. The first kappa shape index (κ1) is 16.5. The van der Waals surface area contributed by atoms with Crippen LogP contribution in [0.3, 0.4) is 0 Å². The summed E-state index contributed by atoms with van der Waals surface area (Å²) in [5, 5.41) is 16.3. The Bertz CT molecular complexity index is 678. The van der Waals surface area contributed by atoms with E-state index in [0.717, 1.165) is 36.7 Å². The fourth-order valence-electron chi connectivity index (χ4n) is 3.22. The van der Waals surface area contributed by atoms with Crippen molar-refractivity contribution in [1.82, 2.24) is 15.3 Å². The second-order valence-corrected chi connectivity index (χ2v) is 6.23. The fourth-order valence-corrected chi connectivity index (χ4v) is 3.22. The number of aromatic nitrogens is 2. The van der Waals surface area contributed by atoms with Gasteiger partial charge in [-0.1, -0.05) is 12.1 Å². The Morgan fingerprint density at radius 1 is 1.33 bits per heavy atom. The molecule has 0 amide bonds. The van der Waals surface area contributed by atoms with Crippen LogP contribution in [0.15, 0.2) is 36.7 Å². The SMILES string of the molecule is CNc1cc(N2CCC[C@H]2CN[C@@H](C)c2cccc(O)c2)ncn1. The molecule has 0 aliphatic carbocycles. The van der Waals surface area contributed by atoms with E-state index >= 15 is 0 Å². The van der Waals surface area contributed by atoms with Crippen LogP contribution in [0.4, 0.5) is 11.6 Å². The summed E-state index contributed by atoms with van der Waals surface area (Å²) >= 11 is 0. The zero-order chi connectivity index (χ0) is 16.9. The smallest absolute Gasteiger partial charge is 0.134 e. The van der Waals surface area contributed by atoms with E-state index in [1.165, 1.54) is 6.42 Å². The van der Waals surface area contributed by atoms with Crippen molar-refractivity contribution in [3.05, 3.63) is 42.2 Å². The Hall–Kier alpha value is -2.34. The Labute approximate surface area is 142 Å². The van der Waals surface area contributed by atoms with Crippen LogP contribution < -0.4 is 15.5 Å². The molecule has 0 bridgehead atoms. The van der Waals surface area contributed by atoms with Crippen LogP contribution in [0, 0.1) is 0 Å². The molecule has 1 aromatic carbocycles. The molecule has 1 aliphatic rings. The zero-order valence-electron chi connectivity index (χ0n) is 14.2. The highest BCUT2D eigenvalue weighted by atomic mass is 16.3. The number of rotatable bonds is 6. The van der Waals surface area contributed by atoms with Gasteiger partial charge in [-0.3, -0.25) is 0 Å². The van der Waals surface area contributed by atoms with Crippen LogP contribution in [-0.2, 0) is 0 Å².